The van der Waals surface area contributed by atoms with Crippen molar-refractivity contribution in [3.8, 4) is 0 Å². The average Bonchev–Trinajstić information content (AvgIpc) is 3.08. The summed E-state index contributed by atoms with van der Waals surface area (Å²) in [7, 11) is 0. The van der Waals surface area contributed by atoms with Gasteiger partial charge in [0.05, 0.1) is 10.7 Å². The highest BCUT2D eigenvalue weighted by molar-refractivity contribution is 7.13. The summed E-state index contributed by atoms with van der Waals surface area (Å²) in [6.45, 7) is 8.20. The first-order valence-corrected chi connectivity index (χ1v) is 9.36. The van der Waals surface area contributed by atoms with Crippen LogP contribution in [0, 0.1) is 13.8 Å². The number of piperidine rings is 1. The van der Waals surface area contributed by atoms with Crippen LogP contribution < -0.4 is 0 Å². The SMILES string of the molecule is CCCN1CCCC2(CCCN2C(=O)c2sc(C)nc2C)C1=O. The Morgan fingerprint density at radius 3 is 2.57 bits per heavy atom. The normalized spacial score (nSPS) is 24.7. The van der Waals surface area contributed by atoms with E-state index in [1.165, 1.54) is 11.3 Å². The third kappa shape index (κ3) is 2.67. The molecule has 1 aromatic heterocycles. The molecule has 0 bridgehead atoms. The molecule has 0 aliphatic carbocycles. The van der Waals surface area contributed by atoms with Gasteiger partial charge >= 0.3 is 0 Å². The van der Waals surface area contributed by atoms with E-state index in [0.29, 0.717) is 11.4 Å². The number of likely N-dealkylation sites (tertiary alicyclic amines) is 2. The molecule has 3 heterocycles. The van der Waals surface area contributed by atoms with Gasteiger partial charge in [0.25, 0.3) is 5.91 Å². The predicted molar refractivity (Wildman–Crippen MR) is 90.7 cm³/mol. The molecule has 2 aliphatic heterocycles. The van der Waals surface area contributed by atoms with Crippen LogP contribution in [0.3, 0.4) is 0 Å². The van der Waals surface area contributed by atoms with Crippen molar-refractivity contribution >= 4 is 23.2 Å². The summed E-state index contributed by atoms with van der Waals surface area (Å²) in [6.07, 6.45) is 4.46. The summed E-state index contributed by atoms with van der Waals surface area (Å²) < 4.78 is 0. The zero-order valence-electron chi connectivity index (χ0n) is 14.2. The number of aryl methyl sites for hydroxylation is 2. The van der Waals surface area contributed by atoms with Crippen molar-refractivity contribution in [1.82, 2.24) is 14.8 Å². The maximum absolute atomic E-state index is 13.1. The van der Waals surface area contributed by atoms with E-state index in [1.54, 1.807) is 0 Å². The Hall–Kier alpha value is -1.43. The fourth-order valence-electron chi connectivity index (χ4n) is 4.06. The fourth-order valence-corrected chi connectivity index (χ4v) is 4.93. The summed E-state index contributed by atoms with van der Waals surface area (Å²) in [4.78, 5) is 35.1. The van der Waals surface area contributed by atoms with E-state index in [-0.39, 0.29) is 11.8 Å². The second-order valence-corrected chi connectivity index (χ2v) is 7.84. The number of hydrogen-bond acceptors (Lipinski definition) is 4. The van der Waals surface area contributed by atoms with Crippen LogP contribution in [0.5, 0.6) is 0 Å². The molecule has 2 fully saturated rings. The minimum Gasteiger partial charge on any atom is -0.341 e. The van der Waals surface area contributed by atoms with E-state index in [4.69, 9.17) is 0 Å². The molecule has 6 heteroatoms. The van der Waals surface area contributed by atoms with Crippen LogP contribution in [0.2, 0.25) is 0 Å². The molecule has 1 spiro atoms. The van der Waals surface area contributed by atoms with E-state index < -0.39 is 5.54 Å². The van der Waals surface area contributed by atoms with Gasteiger partial charge in [0.2, 0.25) is 5.91 Å². The standard InChI is InChI=1S/C17H25N3O2S/c1-4-9-19-10-5-7-17(16(19)22)8-6-11-20(17)15(21)14-12(2)18-13(3)23-14/h4-11H2,1-3H3. The van der Waals surface area contributed by atoms with Crippen LogP contribution in [0.1, 0.15) is 59.4 Å². The lowest BCUT2D eigenvalue weighted by atomic mass is 9.85. The first-order chi connectivity index (χ1) is 11.0. The number of rotatable bonds is 3. The number of hydrogen-bond donors (Lipinski definition) is 0. The van der Waals surface area contributed by atoms with Crippen molar-refractivity contribution in [3.05, 3.63) is 15.6 Å². The van der Waals surface area contributed by atoms with Crippen molar-refractivity contribution < 1.29 is 9.59 Å². The lowest BCUT2D eigenvalue weighted by molar-refractivity contribution is -0.145. The van der Waals surface area contributed by atoms with E-state index in [1.807, 2.05) is 23.6 Å². The summed E-state index contributed by atoms with van der Waals surface area (Å²) in [5.41, 5.74) is 0.183. The maximum atomic E-state index is 13.1. The zero-order chi connectivity index (χ0) is 16.6. The molecular weight excluding hydrogens is 310 g/mol. The Labute approximate surface area is 141 Å². The predicted octanol–water partition coefficient (Wildman–Crippen LogP) is 2.77. The van der Waals surface area contributed by atoms with E-state index in [0.717, 1.165) is 55.9 Å². The van der Waals surface area contributed by atoms with Crippen LogP contribution in [-0.2, 0) is 4.79 Å². The molecule has 5 nitrogen and oxygen atoms in total. The second kappa shape index (κ2) is 6.23. The van der Waals surface area contributed by atoms with E-state index in [2.05, 4.69) is 11.9 Å². The highest BCUT2D eigenvalue weighted by Gasteiger charge is 2.52. The molecule has 2 saturated heterocycles. The van der Waals surface area contributed by atoms with Crippen LogP contribution in [-0.4, -0.2) is 51.8 Å². The highest BCUT2D eigenvalue weighted by atomic mass is 32.1. The summed E-state index contributed by atoms with van der Waals surface area (Å²) in [5.74, 6) is 0.160. The van der Waals surface area contributed by atoms with Gasteiger partial charge in [-0.25, -0.2) is 4.98 Å². The molecule has 1 unspecified atom stereocenters. The van der Waals surface area contributed by atoms with Crippen molar-refractivity contribution in [1.29, 1.82) is 0 Å². The van der Waals surface area contributed by atoms with Crippen LogP contribution in [0.15, 0.2) is 0 Å². The molecule has 23 heavy (non-hydrogen) atoms. The first kappa shape index (κ1) is 16.4. The summed E-state index contributed by atoms with van der Waals surface area (Å²) >= 11 is 1.44. The second-order valence-electron chi connectivity index (χ2n) is 6.64. The van der Waals surface area contributed by atoms with Gasteiger partial charge < -0.3 is 9.80 Å². The molecule has 0 radical (unpaired) electrons. The van der Waals surface area contributed by atoms with Gasteiger partial charge in [-0.3, -0.25) is 9.59 Å². The molecule has 2 aliphatic rings. The zero-order valence-corrected chi connectivity index (χ0v) is 15.0. The number of amides is 2. The molecule has 0 N–H and O–H groups in total. The monoisotopic (exact) mass is 335 g/mol. The van der Waals surface area contributed by atoms with Gasteiger partial charge in [-0.15, -0.1) is 11.3 Å². The van der Waals surface area contributed by atoms with Crippen LogP contribution in [0.4, 0.5) is 0 Å². The summed E-state index contributed by atoms with van der Waals surface area (Å²) in [6, 6.07) is 0. The molecule has 1 aromatic rings. The van der Waals surface area contributed by atoms with Gasteiger partial charge in [0, 0.05) is 19.6 Å². The average molecular weight is 335 g/mol. The minimum absolute atomic E-state index is 0.00250. The summed E-state index contributed by atoms with van der Waals surface area (Å²) in [5, 5.41) is 0.904. The van der Waals surface area contributed by atoms with Gasteiger partial charge in [-0.2, -0.15) is 0 Å². The van der Waals surface area contributed by atoms with Gasteiger partial charge in [0.1, 0.15) is 10.4 Å². The Kier molecular flexibility index (Phi) is 4.45. The smallest absolute Gasteiger partial charge is 0.266 e. The van der Waals surface area contributed by atoms with Crippen molar-refractivity contribution in [2.75, 3.05) is 19.6 Å². The highest BCUT2D eigenvalue weighted by Crippen LogP contribution is 2.40. The lowest BCUT2D eigenvalue weighted by Crippen LogP contribution is -2.61. The molecule has 0 saturated carbocycles. The third-order valence-electron chi connectivity index (χ3n) is 5.03. The van der Waals surface area contributed by atoms with Crippen molar-refractivity contribution in [3.63, 3.8) is 0 Å². The number of aromatic nitrogens is 1. The minimum atomic E-state index is -0.602. The molecule has 3 rings (SSSR count). The maximum Gasteiger partial charge on any atom is 0.266 e. The Morgan fingerprint density at radius 2 is 1.96 bits per heavy atom. The molecular formula is C17H25N3O2S. The number of nitrogens with zero attached hydrogens (tertiary/aromatic N) is 3. The van der Waals surface area contributed by atoms with Crippen molar-refractivity contribution in [2.24, 2.45) is 0 Å². The van der Waals surface area contributed by atoms with E-state index >= 15 is 0 Å². The van der Waals surface area contributed by atoms with Crippen LogP contribution in [0.25, 0.3) is 0 Å². The Bertz CT molecular complexity index is 625. The van der Waals surface area contributed by atoms with E-state index in [9.17, 15) is 9.59 Å². The molecule has 2 amide bonds. The largest absolute Gasteiger partial charge is 0.341 e. The van der Waals surface area contributed by atoms with Crippen molar-refractivity contribution in [2.45, 2.75) is 58.4 Å². The third-order valence-corrected chi connectivity index (χ3v) is 6.09. The lowest BCUT2D eigenvalue weighted by Gasteiger charge is -2.44. The quantitative estimate of drug-likeness (QED) is 0.853. The Morgan fingerprint density at radius 1 is 1.26 bits per heavy atom. The van der Waals surface area contributed by atoms with Gasteiger partial charge in [0.15, 0.2) is 0 Å². The molecule has 126 valence electrons. The molecule has 0 aromatic carbocycles. The number of carbonyl (C=O) groups excluding carboxylic acids is 2. The fraction of sp³-hybridized carbons (Fsp3) is 0.706. The number of carbonyl (C=O) groups is 2. The first-order valence-electron chi connectivity index (χ1n) is 8.55. The van der Waals surface area contributed by atoms with Gasteiger partial charge in [-0.1, -0.05) is 6.92 Å². The molecule has 1 atom stereocenters. The van der Waals surface area contributed by atoms with Gasteiger partial charge in [-0.05, 0) is 46.0 Å². The Balaban J connectivity index is 1.91. The topological polar surface area (TPSA) is 53.5 Å². The van der Waals surface area contributed by atoms with Crippen LogP contribution >= 0.6 is 11.3 Å². The number of thiazole rings is 1.